The molecule has 2 N–H and O–H groups in total. The summed E-state index contributed by atoms with van der Waals surface area (Å²) >= 11 is 0. The summed E-state index contributed by atoms with van der Waals surface area (Å²) in [5.74, 6) is 2.74. The van der Waals surface area contributed by atoms with E-state index in [0.29, 0.717) is 50.3 Å². The lowest BCUT2D eigenvalue weighted by atomic mass is 9.74. The van der Waals surface area contributed by atoms with Crippen LogP contribution in [0.1, 0.15) is 90.2 Å². The Balaban J connectivity index is 1.19. The number of rotatable bonds is 13. The summed E-state index contributed by atoms with van der Waals surface area (Å²) < 4.78 is 80.8. The van der Waals surface area contributed by atoms with E-state index in [-0.39, 0.29) is 28.3 Å². The van der Waals surface area contributed by atoms with Gasteiger partial charge in [-0.15, -0.1) is 0 Å². The normalized spacial score (nSPS) is 21.8. The van der Waals surface area contributed by atoms with Crippen LogP contribution in [0.5, 0.6) is 11.5 Å². The standard InChI is InChI=1S/C48H54N2O8S2/c1-47(2)36-15-5-7-17-38(36)49(29-11-13-31-59(51,52)53)42(47)27-25-34-23-21-33-22-24-35(46-44(33)45(34)57-40-19-9-10-20-41(40)58-46)26-28-43-48(3,4)37-16-6-8-18-39(37)50(43)30-12-14-32-60(54,55)56/h5-10,15-20,25-28,33H,11-14,21-24,29-32H2,1-4H3,(H-,51,52,53,54,55,56)/p+1. The second kappa shape index (κ2) is 16.3. The van der Waals surface area contributed by atoms with Gasteiger partial charge in [0.2, 0.25) is 5.69 Å². The number of ether oxygens (including phenoxy) is 2. The van der Waals surface area contributed by atoms with Gasteiger partial charge in [0.1, 0.15) is 18.1 Å². The number of unbranched alkanes of at least 4 members (excludes halogenated alkanes) is 2. The Kier molecular flexibility index (Phi) is 11.4. The first-order chi connectivity index (χ1) is 28.5. The van der Waals surface area contributed by atoms with Crippen LogP contribution in [0.4, 0.5) is 11.4 Å². The van der Waals surface area contributed by atoms with Crippen molar-refractivity contribution in [2.24, 2.45) is 5.92 Å². The van der Waals surface area contributed by atoms with Crippen LogP contribution >= 0.6 is 0 Å². The zero-order valence-corrected chi connectivity index (χ0v) is 36.5. The van der Waals surface area contributed by atoms with Crippen LogP contribution in [0.15, 0.2) is 131 Å². The topological polar surface area (TPSA) is 133 Å². The van der Waals surface area contributed by atoms with E-state index in [2.05, 4.69) is 97.9 Å². The number of benzene rings is 3. The molecule has 3 heterocycles. The van der Waals surface area contributed by atoms with E-state index in [1.807, 2.05) is 36.4 Å². The smallest absolute Gasteiger partial charge is 0.264 e. The fraction of sp³-hybridized carbons (Fsp3) is 0.396. The van der Waals surface area contributed by atoms with Gasteiger partial charge in [-0.2, -0.15) is 21.4 Å². The fourth-order valence-electron chi connectivity index (χ4n) is 9.77. The van der Waals surface area contributed by atoms with Crippen molar-refractivity contribution in [2.45, 2.75) is 89.9 Å². The van der Waals surface area contributed by atoms with E-state index in [9.17, 15) is 25.9 Å². The van der Waals surface area contributed by atoms with E-state index in [4.69, 9.17) is 9.47 Å². The Morgan fingerprint density at radius 3 is 2.05 bits per heavy atom. The molecule has 3 aromatic rings. The van der Waals surface area contributed by atoms with E-state index < -0.39 is 20.2 Å². The van der Waals surface area contributed by atoms with Crippen molar-refractivity contribution in [2.75, 3.05) is 29.5 Å². The van der Waals surface area contributed by atoms with Crippen molar-refractivity contribution in [3.8, 4) is 11.5 Å². The molecule has 12 heteroatoms. The molecule has 0 saturated heterocycles. The lowest BCUT2D eigenvalue weighted by Crippen LogP contribution is -2.28. The van der Waals surface area contributed by atoms with Gasteiger partial charge in [0.15, 0.2) is 17.2 Å². The van der Waals surface area contributed by atoms with Crippen LogP contribution in [0.3, 0.4) is 0 Å². The quantitative estimate of drug-likeness (QED) is 0.0980. The van der Waals surface area contributed by atoms with Crippen LogP contribution in [0, 0.1) is 5.92 Å². The maximum Gasteiger partial charge on any atom is 0.264 e. The highest BCUT2D eigenvalue weighted by molar-refractivity contribution is 7.86. The van der Waals surface area contributed by atoms with Gasteiger partial charge in [0, 0.05) is 53.0 Å². The van der Waals surface area contributed by atoms with Crippen LogP contribution < -0.4 is 14.4 Å². The van der Waals surface area contributed by atoms with Gasteiger partial charge < -0.3 is 14.4 Å². The molecule has 0 saturated carbocycles. The first kappa shape index (κ1) is 42.0. The highest BCUT2D eigenvalue weighted by atomic mass is 32.2. The molecule has 0 spiro atoms. The summed E-state index contributed by atoms with van der Waals surface area (Å²) in [5, 5.41) is 0. The zero-order valence-electron chi connectivity index (χ0n) is 34.9. The zero-order chi connectivity index (χ0) is 42.5. The largest absolute Gasteiger partial charge is 0.453 e. The average molecular weight is 852 g/mol. The minimum absolute atomic E-state index is 0.260. The predicted octanol–water partition coefficient (Wildman–Crippen LogP) is 9.75. The molecule has 3 aromatic carbocycles. The molecule has 0 bridgehead atoms. The first-order valence-corrected chi connectivity index (χ1v) is 24.3. The minimum atomic E-state index is -4.03. The molecule has 10 nitrogen and oxygen atoms in total. The van der Waals surface area contributed by atoms with Crippen molar-refractivity contribution in [1.29, 1.82) is 0 Å². The number of fused-ring (bicyclic) bond motifs is 3. The third-order valence-corrected chi connectivity index (χ3v) is 14.4. The third-order valence-electron chi connectivity index (χ3n) is 12.8. The van der Waals surface area contributed by atoms with Crippen molar-refractivity contribution < 1.29 is 40.0 Å². The van der Waals surface area contributed by atoms with Crippen molar-refractivity contribution in [1.82, 2.24) is 0 Å². The van der Waals surface area contributed by atoms with Gasteiger partial charge in [-0.05, 0) is 112 Å². The van der Waals surface area contributed by atoms with Gasteiger partial charge in [-0.25, -0.2) is 0 Å². The van der Waals surface area contributed by atoms with Gasteiger partial charge in [-0.3, -0.25) is 9.11 Å². The number of anilines is 1. The van der Waals surface area contributed by atoms with Crippen molar-refractivity contribution in [3.63, 3.8) is 0 Å². The van der Waals surface area contributed by atoms with E-state index in [1.54, 1.807) is 0 Å². The monoisotopic (exact) mass is 851 g/mol. The summed E-state index contributed by atoms with van der Waals surface area (Å²) in [4.78, 5) is 2.29. The van der Waals surface area contributed by atoms with E-state index in [0.717, 1.165) is 76.7 Å². The lowest BCUT2D eigenvalue weighted by molar-refractivity contribution is -0.438. The number of hydrogen-bond donors (Lipinski definition) is 2. The fourth-order valence-corrected chi connectivity index (χ4v) is 10.9. The van der Waals surface area contributed by atoms with Crippen molar-refractivity contribution >= 4 is 37.3 Å². The Bertz CT molecular complexity index is 2630. The summed E-state index contributed by atoms with van der Waals surface area (Å²) in [6.07, 6.45) is 14.3. The second-order valence-corrected chi connectivity index (χ2v) is 20.7. The Morgan fingerprint density at radius 2 is 1.33 bits per heavy atom. The third kappa shape index (κ3) is 8.31. The molecule has 0 fully saturated rings. The highest BCUT2D eigenvalue weighted by Gasteiger charge is 2.45. The molecule has 3 aliphatic heterocycles. The van der Waals surface area contributed by atoms with Crippen LogP contribution in [0.2, 0.25) is 0 Å². The van der Waals surface area contributed by atoms with Crippen molar-refractivity contribution in [3.05, 3.63) is 142 Å². The second-order valence-electron chi connectivity index (χ2n) is 17.6. The molecule has 0 aromatic heterocycles. The van der Waals surface area contributed by atoms with E-state index in [1.165, 1.54) is 11.1 Å². The average Bonchev–Trinajstić information content (AvgIpc) is 3.44. The maximum absolute atomic E-state index is 11.5. The summed E-state index contributed by atoms with van der Waals surface area (Å²) in [7, 11) is -8.06. The number of allylic oxidation sites excluding steroid dienone is 8. The summed E-state index contributed by atoms with van der Waals surface area (Å²) in [5.41, 5.74) is 9.51. The van der Waals surface area contributed by atoms with Gasteiger partial charge in [0.05, 0.1) is 16.9 Å². The lowest BCUT2D eigenvalue weighted by Gasteiger charge is -2.33. The molecule has 2 aliphatic carbocycles. The molecular weight excluding hydrogens is 797 g/mol. The molecule has 0 radical (unpaired) electrons. The summed E-state index contributed by atoms with van der Waals surface area (Å²) in [6, 6.07) is 24.6. The Hall–Kier alpha value is -4.75. The van der Waals surface area contributed by atoms with Crippen LogP contribution in [0.25, 0.3) is 0 Å². The number of nitrogens with zero attached hydrogens (tertiary/aromatic N) is 2. The first-order valence-electron chi connectivity index (χ1n) is 21.1. The van der Waals surface area contributed by atoms with E-state index >= 15 is 0 Å². The molecule has 5 aliphatic rings. The Labute approximate surface area is 354 Å². The predicted molar refractivity (Wildman–Crippen MR) is 236 cm³/mol. The SMILES string of the molecule is CC1(C)C(=CC=C2CCC3CCC(C=CC4=[N+](CCCCS(=O)(=O)O)c5ccccc5C4(C)C)=C4Oc5ccccc5OC2=C43)N(CCCCS(=O)(=O)O)c2ccccc21. The molecule has 60 heavy (non-hydrogen) atoms. The van der Waals surface area contributed by atoms with Gasteiger partial charge >= 0.3 is 0 Å². The number of hydrogen-bond acceptors (Lipinski definition) is 7. The van der Waals surface area contributed by atoms with Gasteiger partial charge in [0.25, 0.3) is 20.2 Å². The molecule has 316 valence electrons. The maximum atomic E-state index is 11.5. The molecule has 0 amide bonds. The molecule has 1 unspecified atom stereocenters. The molecule has 8 rings (SSSR count). The number of para-hydroxylation sites is 4. The molecular formula is C48H55N2O8S2+. The highest BCUT2D eigenvalue weighted by Crippen LogP contribution is 2.51. The van der Waals surface area contributed by atoms with Crippen LogP contribution in [-0.2, 0) is 31.1 Å². The molecule has 1 atom stereocenters. The van der Waals surface area contributed by atoms with Gasteiger partial charge in [-0.1, -0.05) is 68.5 Å². The Morgan fingerprint density at radius 1 is 0.717 bits per heavy atom. The summed E-state index contributed by atoms with van der Waals surface area (Å²) in [6.45, 7) is 10.1. The minimum Gasteiger partial charge on any atom is -0.453 e. The van der Waals surface area contributed by atoms with Crippen LogP contribution in [-0.4, -0.2) is 60.8 Å².